The van der Waals surface area contributed by atoms with E-state index in [1.54, 1.807) is 11.3 Å². The topological polar surface area (TPSA) is 88.0 Å². The average Bonchev–Trinajstić information content (AvgIpc) is 3.36. The zero-order chi connectivity index (χ0) is 17.7. The summed E-state index contributed by atoms with van der Waals surface area (Å²) in [4.78, 5) is 23.9. The van der Waals surface area contributed by atoms with Gasteiger partial charge in [0.05, 0.1) is 10.4 Å². The van der Waals surface area contributed by atoms with Gasteiger partial charge < -0.3 is 5.32 Å². The number of aryl methyl sites for hydroxylation is 1. The molecule has 9 heteroatoms. The summed E-state index contributed by atoms with van der Waals surface area (Å²) >= 11 is 2.97. The minimum atomic E-state index is -0.153. The van der Waals surface area contributed by atoms with Gasteiger partial charge in [-0.2, -0.15) is 5.10 Å². The van der Waals surface area contributed by atoms with E-state index >= 15 is 0 Å². The molecule has 0 spiro atoms. The predicted octanol–water partition coefficient (Wildman–Crippen LogP) is 3.96. The molecular formula is C17H12N6OS2. The van der Waals surface area contributed by atoms with Crippen LogP contribution in [0.3, 0.4) is 0 Å². The Morgan fingerprint density at radius 3 is 3.04 bits per heavy atom. The number of amides is 1. The highest BCUT2D eigenvalue weighted by molar-refractivity contribution is 7.21. The molecule has 128 valence electrons. The Kier molecular flexibility index (Phi) is 3.37. The number of rotatable bonds is 3. The number of imidazole rings is 1. The van der Waals surface area contributed by atoms with E-state index in [2.05, 4.69) is 25.5 Å². The van der Waals surface area contributed by atoms with Gasteiger partial charge in [-0.05, 0) is 25.1 Å². The third kappa shape index (κ3) is 2.49. The molecule has 0 radical (unpaired) electrons. The molecule has 4 heterocycles. The first-order valence-corrected chi connectivity index (χ1v) is 9.53. The fourth-order valence-electron chi connectivity index (χ4n) is 2.76. The molecule has 5 aromatic rings. The number of anilines is 1. The molecule has 0 saturated carbocycles. The highest BCUT2D eigenvalue weighted by Gasteiger charge is 2.15. The summed E-state index contributed by atoms with van der Waals surface area (Å²) < 4.78 is 2.00. The molecule has 0 aliphatic carbocycles. The van der Waals surface area contributed by atoms with E-state index in [1.165, 1.54) is 11.3 Å². The molecule has 1 amide bonds. The molecule has 0 fully saturated rings. The number of carbonyl (C=O) groups excluding carboxylic acids is 1. The highest BCUT2D eigenvalue weighted by atomic mass is 32.1. The Balaban J connectivity index is 1.43. The van der Waals surface area contributed by atoms with Crippen molar-refractivity contribution >= 4 is 49.6 Å². The number of H-pyrrole nitrogens is 1. The lowest BCUT2D eigenvalue weighted by atomic mass is 10.2. The minimum Gasteiger partial charge on any atom is -0.321 e. The third-order valence-corrected chi connectivity index (χ3v) is 5.71. The van der Waals surface area contributed by atoms with Crippen LogP contribution < -0.4 is 5.32 Å². The van der Waals surface area contributed by atoms with Gasteiger partial charge in [0.1, 0.15) is 10.7 Å². The Bertz CT molecular complexity index is 1260. The molecular weight excluding hydrogens is 368 g/mol. The minimum absolute atomic E-state index is 0.153. The Labute approximate surface area is 155 Å². The smallest absolute Gasteiger partial charge is 0.265 e. The van der Waals surface area contributed by atoms with Crippen LogP contribution in [0.1, 0.15) is 15.5 Å². The second-order valence-electron chi connectivity index (χ2n) is 5.75. The molecule has 0 bridgehead atoms. The molecule has 26 heavy (non-hydrogen) atoms. The second kappa shape index (κ2) is 5.75. The SMILES string of the molecule is Cc1nc(-c2cccc(NC(=O)c3cc4c(nc5sccn54)s3)c2)n[nH]1. The van der Waals surface area contributed by atoms with E-state index in [9.17, 15) is 4.79 Å². The Morgan fingerprint density at radius 1 is 1.27 bits per heavy atom. The fraction of sp³-hybridized carbons (Fsp3) is 0.0588. The second-order valence-corrected chi connectivity index (χ2v) is 7.65. The maximum atomic E-state index is 12.6. The van der Waals surface area contributed by atoms with Crippen molar-refractivity contribution in [3.05, 3.63) is 52.6 Å². The van der Waals surface area contributed by atoms with Gasteiger partial charge in [0.2, 0.25) is 0 Å². The van der Waals surface area contributed by atoms with Crippen molar-refractivity contribution in [1.82, 2.24) is 24.6 Å². The monoisotopic (exact) mass is 380 g/mol. The van der Waals surface area contributed by atoms with E-state index in [1.807, 2.05) is 53.2 Å². The summed E-state index contributed by atoms with van der Waals surface area (Å²) in [6.07, 6.45) is 1.96. The first-order chi connectivity index (χ1) is 12.7. The summed E-state index contributed by atoms with van der Waals surface area (Å²) in [6, 6.07) is 9.36. The summed E-state index contributed by atoms with van der Waals surface area (Å²) in [5.74, 6) is 1.20. The number of benzene rings is 1. The van der Waals surface area contributed by atoms with Crippen LogP contribution in [-0.4, -0.2) is 30.5 Å². The zero-order valence-electron chi connectivity index (χ0n) is 13.6. The molecule has 4 aromatic heterocycles. The quantitative estimate of drug-likeness (QED) is 0.496. The van der Waals surface area contributed by atoms with E-state index in [0.717, 1.165) is 26.7 Å². The van der Waals surface area contributed by atoms with Crippen molar-refractivity contribution in [2.45, 2.75) is 6.92 Å². The number of thiazole rings is 1. The number of carbonyl (C=O) groups is 1. The molecule has 7 nitrogen and oxygen atoms in total. The molecule has 0 aliphatic heterocycles. The molecule has 0 aliphatic rings. The number of aromatic nitrogens is 5. The normalized spacial score (nSPS) is 11.4. The van der Waals surface area contributed by atoms with Crippen LogP contribution in [-0.2, 0) is 0 Å². The van der Waals surface area contributed by atoms with Crippen LogP contribution in [0.5, 0.6) is 0 Å². The van der Waals surface area contributed by atoms with Crippen molar-refractivity contribution in [3.63, 3.8) is 0 Å². The van der Waals surface area contributed by atoms with Crippen LogP contribution >= 0.6 is 22.7 Å². The summed E-state index contributed by atoms with van der Waals surface area (Å²) in [5.41, 5.74) is 2.50. The van der Waals surface area contributed by atoms with Gasteiger partial charge >= 0.3 is 0 Å². The van der Waals surface area contributed by atoms with Crippen LogP contribution in [0.2, 0.25) is 0 Å². The van der Waals surface area contributed by atoms with Crippen LogP contribution in [0.4, 0.5) is 5.69 Å². The predicted molar refractivity (Wildman–Crippen MR) is 103 cm³/mol. The molecule has 1 aromatic carbocycles. The van der Waals surface area contributed by atoms with Crippen LogP contribution in [0.15, 0.2) is 41.9 Å². The number of hydrogen-bond donors (Lipinski definition) is 2. The number of fused-ring (bicyclic) bond motifs is 3. The number of nitrogens with zero attached hydrogens (tertiary/aromatic N) is 4. The zero-order valence-corrected chi connectivity index (χ0v) is 15.2. The lowest BCUT2D eigenvalue weighted by molar-refractivity contribution is 0.103. The van der Waals surface area contributed by atoms with E-state index < -0.39 is 0 Å². The molecule has 0 unspecified atom stereocenters. The van der Waals surface area contributed by atoms with Crippen LogP contribution in [0.25, 0.3) is 26.7 Å². The summed E-state index contributed by atoms with van der Waals surface area (Å²) in [7, 11) is 0. The lowest BCUT2D eigenvalue weighted by Gasteiger charge is -2.04. The third-order valence-electron chi connectivity index (χ3n) is 3.94. The summed E-state index contributed by atoms with van der Waals surface area (Å²) in [6.45, 7) is 1.85. The molecule has 2 N–H and O–H groups in total. The van der Waals surface area contributed by atoms with Gasteiger partial charge in [0.15, 0.2) is 10.8 Å². The first kappa shape index (κ1) is 15.2. The van der Waals surface area contributed by atoms with E-state index in [0.29, 0.717) is 16.4 Å². The largest absolute Gasteiger partial charge is 0.321 e. The maximum absolute atomic E-state index is 12.6. The number of hydrogen-bond acceptors (Lipinski definition) is 6. The van der Waals surface area contributed by atoms with Gasteiger partial charge in [-0.1, -0.05) is 12.1 Å². The van der Waals surface area contributed by atoms with Gasteiger partial charge in [-0.25, -0.2) is 9.97 Å². The fourth-order valence-corrected chi connectivity index (χ4v) is 4.46. The van der Waals surface area contributed by atoms with Gasteiger partial charge in [-0.15, -0.1) is 22.7 Å². The molecule has 0 atom stereocenters. The van der Waals surface area contributed by atoms with Crippen LogP contribution in [0, 0.1) is 6.92 Å². The van der Waals surface area contributed by atoms with Crippen molar-refractivity contribution < 1.29 is 4.79 Å². The Morgan fingerprint density at radius 2 is 2.19 bits per heavy atom. The van der Waals surface area contributed by atoms with Crippen molar-refractivity contribution in [2.75, 3.05) is 5.32 Å². The first-order valence-electron chi connectivity index (χ1n) is 7.83. The van der Waals surface area contributed by atoms with Crippen molar-refractivity contribution in [1.29, 1.82) is 0 Å². The Hall–Kier alpha value is -3.04. The highest BCUT2D eigenvalue weighted by Crippen LogP contribution is 2.29. The van der Waals surface area contributed by atoms with Crippen molar-refractivity contribution in [3.8, 4) is 11.4 Å². The van der Waals surface area contributed by atoms with Gasteiger partial charge in [-0.3, -0.25) is 14.3 Å². The van der Waals surface area contributed by atoms with E-state index in [4.69, 9.17) is 0 Å². The van der Waals surface area contributed by atoms with Crippen molar-refractivity contribution in [2.24, 2.45) is 0 Å². The maximum Gasteiger partial charge on any atom is 0.265 e. The van der Waals surface area contributed by atoms with Gasteiger partial charge in [0, 0.05) is 22.8 Å². The lowest BCUT2D eigenvalue weighted by Crippen LogP contribution is -2.10. The number of thiophene rings is 1. The molecule has 5 rings (SSSR count). The van der Waals surface area contributed by atoms with Gasteiger partial charge in [0.25, 0.3) is 5.91 Å². The van der Waals surface area contributed by atoms with E-state index in [-0.39, 0.29) is 5.91 Å². The number of nitrogens with one attached hydrogen (secondary N) is 2. The standard InChI is InChI=1S/C17H12N6OS2/c1-9-18-14(22-21-9)10-3-2-4-11(7-10)19-15(24)13-8-12-16(26-13)20-17-23(12)5-6-25-17/h2-8H,1H3,(H,19,24)(H,18,21,22). The average molecular weight is 380 g/mol. The molecule has 0 saturated heterocycles. The number of aromatic amines is 1. The summed E-state index contributed by atoms with van der Waals surface area (Å²) in [5, 5.41) is 11.9.